The number of aromatic nitrogens is 5. The lowest BCUT2D eigenvalue weighted by molar-refractivity contribution is -0.122. The number of rotatable bonds is 13. The summed E-state index contributed by atoms with van der Waals surface area (Å²) in [5, 5.41) is 35.4. The standard InChI is InChI=1S/C38H45N9O7/c1-5-31(48)42-28-17-30(34(50)33(28)49)47-20-40-32-35(39-18-27(22-6-10-25(52-3)11-7-22)23-8-12-26(53-4)13-9-23)43-38(44-36(32)47)46-15-14-24(19-46)41-37(51)29-16-21(2)54-45-29/h6-13,16,20,24,27-28,30,33-34,49-50H,5,14-15,17-19H2,1-4H3,(H,41,51)(H,42,48)(H,39,43,44)/t24?,28-,30+,33+,34+/m0/s1. The van der Waals surface area contributed by atoms with Crippen molar-refractivity contribution in [3.05, 3.63) is 83.5 Å². The summed E-state index contributed by atoms with van der Waals surface area (Å²) in [6.45, 7) is 4.91. The van der Waals surface area contributed by atoms with Gasteiger partial charge in [-0.3, -0.25) is 9.59 Å². The Hall–Kier alpha value is -5.74. The van der Waals surface area contributed by atoms with E-state index in [1.807, 2.05) is 53.4 Å². The van der Waals surface area contributed by atoms with Crippen molar-refractivity contribution >= 4 is 34.7 Å². The van der Waals surface area contributed by atoms with E-state index in [9.17, 15) is 19.8 Å². The van der Waals surface area contributed by atoms with E-state index in [1.54, 1.807) is 45.0 Å². The van der Waals surface area contributed by atoms with Crippen LogP contribution in [0.25, 0.3) is 11.2 Å². The van der Waals surface area contributed by atoms with Crippen LogP contribution in [-0.2, 0) is 4.79 Å². The second-order valence-corrected chi connectivity index (χ2v) is 13.7. The number of hydrogen-bond donors (Lipinski definition) is 5. The Morgan fingerprint density at radius 3 is 2.28 bits per heavy atom. The minimum Gasteiger partial charge on any atom is -0.497 e. The number of imidazole rings is 1. The van der Waals surface area contributed by atoms with Crippen LogP contribution >= 0.6 is 0 Å². The lowest BCUT2D eigenvalue weighted by Crippen LogP contribution is -2.42. The maximum Gasteiger partial charge on any atom is 0.273 e. The topological polar surface area (TPSA) is 202 Å². The molecule has 1 aliphatic heterocycles. The molecule has 2 aliphatic rings. The van der Waals surface area contributed by atoms with Gasteiger partial charge in [0.2, 0.25) is 11.9 Å². The van der Waals surface area contributed by atoms with Crippen LogP contribution in [0.5, 0.6) is 11.5 Å². The number of fused-ring (bicyclic) bond motifs is 1. The Bertz CT molecular complexity index is 2040. The van der Waals surface area contributed by atoms with Crippen molar-refractivity contribution in [2.45, 2.75) is 69.4 Å². The Labute approximate surface area is 311 Å². The van der Waals surface area contributed by atoms with Gasteiger partial charge in [-0.15, -0.1) is 0 Å². The first-order valence-corrected chi connectivity index (χ1v) is 18.1. The molecule has 1 unspecified atom stereocenters. The predicted octanol–water partition coefficient (Wildman–Crippen LogP) is 2.95. The molecule has 5 N–H and O–H groups in total. The van der Waals surface area contributed by atoms with Crippen LogP contribution in [-0.4, -0.2) is 105 Å². The maximum atomic E-state index is 12.9. The molecule has 3 aromatic heterocycles. The summed E-state index contributed by atoms with van der Waals surface area (Å²) >= 11 is 0. The lowest BCUT2D eigenvalue weighted by Gasteiger charge is -2.22. The monoisotopic (exact) mass is 739 g/mol. The quantitative estimate of drug-likeness (QED) is 0.118. The van der Waals surface area contributed by atoms with Crippen molar-refractivity contribution < 1.29 is 33.8 Å². The van der Waals surface area contributed by atoms with Crippen LogP contribution in [0.1, 0.15) is 65.5 Å². The number of ether oxygens (including phenoxy) is 2. The predicted molar refractivity (Wildman–Crippen MR) is 199 cm³/mol. The highest BCUT2D eigenvalue weighted by atomic mass is 16.5. The summed E-state index contributed by atoms with van der Waals surface area (Å²) in [6, 6.07) is 16.0. The molecule has 5 atom stereocenters. The Morgan fingerprint density at radius 1 is 0.981 bits per heavy atom. The first-order valence-electron chi connectivity index (χ1n) is 18.1. The van der Waals surface area contributed by atoms with Gasteiger partial charge < -0.3 is 49.6 Å². The molecule has 54 heavy (non-hydrogen) atoms. The number of aliphatic hydroxyl groups is 2. The number of nitrogens with zero attached hydrogens (tertiary/aromatic N) is 6. The van der Waals surface area contributed by atoms with Gasteiger partial charge in [0.05, 0.1) is 32.6 Å². The number of methoxy groups -OCH3 is 2. The van der Waals surface area contributed by atoms with Crippen molar-refractivity contribution in [2.24, 2.45) is 0 Å². The van der Waals surface area contributed by atoms with Gasteiger partial charge in [0.15, 0.2) is 22.7 Å². The smallest absolute Gasteiger partial charge is 0.273 e. The average Bonchev–Trinajstić information content (AvgIpc) is 4.00. The SMILES string of the molecule is CCC(=O)N[C@H]1C[C@@H](n2cnc3c(NCC(c4ccc(OC)cc4)c4ccc(OC)cc4)nc(N4CCC(NC(=O)c5cc(C)on5)C4)nc32)[C@@H](O)[C@@H]1O. The number of hydrogen-bond acceptors (Lipinski definition) is 13. The first-order chi connectivity index (χ1) is 26.1. The second-order valence-electron chi connectivity index (χ2n) is 13.7. The summed E-state index contributed by atoms with van der Waals surface area (Å²) < 4.78 is 17.7. The lowest BCUT2D eigenvalue weighted by atomic mass is 9.91. The number of anilines is 2. The van der Waals surface area contributed by atoms with E-state index in [0.29, 0.717) is 54.7 Å². The fourth-order valence-corrected chi connectivity index (χ4v) is 7.24. The Kier molecular flexibility index (Phi) is 10.6. The summed E-state index contributed by atoms with van der Waals surface area (Å²) in [4.78, 5) is 41.8. The zero-order chi connectivity index (χ0) is 37.9. The molecule has 0 bridgehead atoms. The molecule has 4 heterocycles. The molecule has 1 aliphatic carbocycles. The summed E-state index contributed by atoms with van der Waals surface area (Å²) in [5.74, 6) is 2.29. The van der Waals surface area contributed by atoms with Crippen LogP contribution < -0.4 is 30.3 Å². The summed E-state index contributed by atoms with van der Waals surface area (Å²) in [7, 11) is 3.27. The van der Waals surface area contributed by atoms with Gasteiger partial charge in [0.1, 0.15) is 29.5 Å². The number of amides is 2. The van der Waals surface area contributed by atoms with E-state index in [1.165, 1.54) is 0 Å². The van der Waals surface area contributed by atoms with Crippen molar-refractivity contribution in [3.63, 3.8) is 0 Å². The van der Waals surface area contributed by atoms with Crippen LogP contribution in [0.2, 0.25) is 0 Å². The highest BCUT2D eigenvalue weighted by Crippen LogP contribution is 2.36. The van der Waals surface area contributed by atoms with E-state index in [4.69, 9.17) is 28.9 Å². The number of nitrogens with one attached hydrogen (secondary N) is 3. The van der Waals surface area contributed by atoms with E-state index < -0.39 is 24.3 Å². The third-order valence-electron chi connectivity index (χ3n) is 10.3. The van der Waals surface area contributed by atoms with Gasteiger partial charge >= 0.3 is 0 Å². The number of carbonyl (C=O) groups is 2. The molecule has 1 saturated carbocycles. The maximum absolute atomic E-state index is 12.9. The van der Waals surface area contributed by atoms with Crippen LogP contribution in [0.4, 0.5) is 11.8 Å². The molecule has 0 spiro atoms. The van der Waals surface area contributed by atoms with Crippen LogP contribution in [0, 0.1) is 6.92 Å². The van der Waals surface area contributed by atoms with E-state index in [0.717, 1.165) is 22.6 Å². The van der Waals surface area contributed by atoms with E-state index in [2.05, 4.69) is 21.1 Å². The van der Waals surface area contributed by atoms with Crippen molar-refractivity contribution in [1.82, 2.24) is 35.3 Å². The van der Waals surface area contributed by atoms with Gasteiger partial charge in [-0.25, -0.2) is 4.98 Å². The van der Waals surface area contributed by atoms with Gasteiger partial charge in [0.25, 0.3) is 5.91 Å². The third kappa shape index (κ3) is 7.52. The number of benzene rings is 2. The van der Waals surface area contributed by atoms with E-state index >= 15 is 0 Å². The average molecular weight is 740 g/mol. The molecular weight excluding hydrogens is 694 g/mol. The molecule has 1 saturated heterocycles. The molecule has 16 heteroatoms. The zero-order valence-electron chi connectivity index (χ0n) is 30.6. The highest BCUT2D eigenvalue weighted by Gasteiger charge is 2.44. The fraction of sp³-hybridized carbons (Fsp3) is 0.421. The summed E-state index contributed by atoms with van der Waals surface area (Å²) in [5.41, 5.74) is 3.25. The zero-order valence-corrected chi connectivity index (χ0v) is 30.6. The number of aryl methyl sites for hydroxylation is 1. The normalized spacial score (nSPS) is 21.1. The van der Waals surface area contributed by atoms with Gasteiger partial charge in [-0.2, -0.15) is 9.97 Å². The molecule has 2 aromatic carbocycles. The summed E-state index contributed by atoms with van der Waals surface area (Å²) in [6.07, 6.45) is 0.421. The van der Waals surface area contributed by atoms with Gasteiger partial charge in [0, 0.05) is 44.1 Å². The molecule has 5 aromatic rings. The Balaban J connectivity index is 1.22. The largest absolute Gasteiger partial charge is 0.497 e. The van der Waals surface area contributed by atoms with Crippen LogP contribution in [0.15, 0.2) is 65.4 Å². The molecule has 7 rings (SSSR count). The molecule has 2 fully saturated rings. The number of aliphatic hydroxyl groups excluding tert-OH is 2. The molecular formula is C38H45N9O7. The third-order valence-corrected chi connectivity index (χ3v) is 10.3. The second kappa shape index (κ2) is 15.7. The van der Waals surface area contributed by atoms with E-state index in [-0.39, 0.29) is 42.3 Å². The highest BCUT2D eigenvalue weighted by molar-refractivity contribution is 5.92. The van der Waals surface area contributed by atoms with Gasteiger partial charge in [-0.1, -0.05) is 36.3 Å². The fourth-order valence-electron chi connectivity index (χ4n) is 7.24. The molecule has 0 radical (unpaired) electrons. The minimum absolute atomic E-state index is 0.112. The van der Waals surface area contributed by atoms with Crippen molar-refractivity contribution in [1.29, 1.82) is 0 Å². The van der Waals surface area contributed by atoms with Gasteiger partial charge in [-0.05, 0) is 55.2 Å². The minimum atomic E-state index is -1.18. The van der Waals surface area contributed by atoms with Crippen LogP contribution in [0.3, 0.4) is 0 Å². The van der Waals surface area contributed by atoms with Crippen molar-refractivity contribution in [3.8, 4) is 11.5 Å². The van der Waals surface area contributed by atoms with Crippen molar-refractivity contribution in [2.75, 3.05) is 44.1 Å². The Morgan fingerprint density at radius 2 is 1.67 bits per heavy atom. The number of carbonyl (C=O) groups excluding carboxylic acids is 2. The molecule has 284 valence electrons. The molecule has 16 nitrogen and oxygen atoms in total. The molecule has 2 amide bonds. The first kappa shape index (κ1) is 36.6.